The number of aryl methyl sites for hydroxylation is 1. The van der Waals surface area contributed by atoms with Crippen molar-refractivity contribution in [1.29, 1.82) is 0 Å². The number of benzene rings is 1. The van der Waals surface area contributed by atoms with Gasteiger partial charge >= 0.3 is 6.18 Å². The van der Waals surface area contributed by atoms with E-state index in [1.807, 2.05) is 6.20 Å². The molecule has 0 amide bonds. The monoisotopic (exact) mass is 435 g/mol. The van der Waals surface area contributed by atoms with Crippen LogP contribution in [0.25, 0.3) is 16.9 Å². The SMILES string of the molecule is CCc1nc2c(-c3ccc(C(F)(F)F)cc3Cl)nccn2c1[N+](C)(C1CC1)C1CC1. The van der Waals surface area contributed by atoms with E-state index >= 15 is 0 Å². The molecule has 0 unspecified atom stereocenters. The Labute approximate surface area is 177 Å². The standard InChI is InChI=1S/C22H23ClF3N4/c1-3-18-21(30(2,14-5-6-14)15-7-8-15)29-11-10-27-19(20(29)28-18)16-9-4-13(12-17(16)23)22(24,25)26/h4,9-12,14-15H,3,5-8H2,1-2H3/q+1. The average molecular weight is 436 g/mol. The molecule has 8 heteroatoms. The van der Waals surface area contributed by atoms with Gasteiger partial charge < -0.3 is 0 Å². The van der Waals surface area contributed by atoms with Gasteiger partial charge in [0.05, 0.1) is 29.7 Å². The van der Waals surface area contributed by atoms with Gasteiger partial charge in [-0.2, -0.15) is 13.2 Å². The molecular weight excluding hydrogens is 413 g/mol. The summed E-state index contributed by atoms with van der Waals surface area (Å²) < 4.78 is 42.1. The summed E-state index contributed by atoms with van der Waals surface area (Å²) in [4.78, 5) is 9.38. The number of quaternary nitrogens is 1. The van der Waals surface area contributed by atoms with Crippen molar-refractivity contribution in [3.05, 3.63) is 46.9 Å². The van der Waals surface area contributed by atoms with Crippen molar-refractivity contribution < 1.29 is 13.2 Å². The van der Waals surface area contributed by atoms with Crippen molar-refractivity contribution in [3.8, 4) is 11.3 Å². The number of fused-ring (bicyclic) bond motifs is 1. The Kier molecular flexibility index (Phi) is 4.42. The van der Waals surface area contributed by atoms with Crippen molar-refractivity contribution in [2.45, 2.75) is 57.3 Å². The molecule has 2 aliphatic rings. The van der Waals surface area contributed by atoms with Crippen LogP contribution in [0.15, 0.2) is 30.6 Å². The first-order chi connectivity index (χ1) is 14.2. The van der Waals surface area contributed by atoms with E-state index in [0.717, 1.165) is 28.7 Å². The topological polar surface area (TPSA) is 30.2 Å². The fourth-order valence-electron chi connectivity index (χ4n) is 4.70. The third-order valence-corrected chi connectivity index (χ3v) is 6.85. The molecule has 30 heavy (non-hydrogen) atoms. The molecule has 2 saturated carbocycles. The first kappa shape index (κ1) is 19.8. The van der Waals surface area contributed by atoms with Gasteiger partial charge in [-0.05, 0) is 18.6 Å². The molecule has 5 rings (SSSR count). The highest BCUT2D eigenvalue weighted by Gasteiger charge is 2.55. The average Bonchev–Trinajstić information content (AvgIpc) is 3.60. The molecule has 2 aromatic heterocycles. The molecule has 0 aliphatic heterocycles. The lowest BCUT2D eigenvalue weighted by Crippen LogP contribution is -2.50. The zero-order valence-electron chi connectivity index (χ0n) is 16.9. The Hall–Kier alpha value is -2.12. The number of hydrogen-bond acceptors (Lipinski definition) is 2. The smallest absolute Gasteiger partial charge is 0.272 e. The van der Waals surface area contributed by atoms with Crippen molar-refractivity contribution in [2.75, 3.05) is 7.05 Å². The van der Waals surface area contributed by atoms with Crippen LogP contribution in [-0.2, 0) is 12.6 Å². The van der Waals surface area contributed by atoms with Gasteiger partial charge in [-0.3, -0.25) is 13.9 Å². The van der Waals surface area contributed by atoms with E-state index in [1.165, 1.54) is 37.6 Å². The van der Waals surface area contributed by atoms with E-state index in [-0.39, 0.29) is 5.02 Å². The fraction of sp³-hybridized carbons (Fsp3) is 0.455. The van der Waals surface area contributed by atoms with Crippen LogP contribution in [0.3, 0.4) is 0 Å². The second-order valence-corrected chi connectivity index (χ2v) is 8.91. The maximum Gasteiger partial charge on any atom is 0.416 e. The van der Waals surface area contributed by atoms with E-state index in [9.17, 15) is 13.2 Å². The zero-order chi connectivity index (χ0) is 21.3. The number of imidazole rings is 1. The molecule has 3 aromatic rings. The molecular formula is C22H23ClF3N4+. The van der Waals surface area contributed by atoms with Crippen LogP contribution in [0.5, 0.6) is 0 Å². The summed E-state index contributed by atoms with van der Waals surface area (Å²) in [5, 5.41) is 0.0228. The van der Waals surface area contributed by atoms with Gasteiger partial charge in [-0.15, -0.1) is 0 Å². The van der Waals surface area contributed by atoms with E-state index < -0.39 is 11.7 Å². The Bertz CT molecular complexity index is 1120. The molecule has 0 bridgehead atoms. The normalized spacial score (nSPS) is 17.7. The molecule has 0 atom stereocenters. The van der Waals surface area contributed by atoms with Gasteiger partial charge in [0.25, 0.3) is 0 Å². The molecule has 0 spiro atoms. The Morgan fingerprint density at radius 2 is 1.83 bits per heavy atom. The third-order valence-electron chi connectivity index (χ3n) is 6.54. The Morgan fingerprint density at radius 1 is 1.17 bits per heavy atom. The summed E-state index contributed by atoms with van der Waals surface area (Å²) >= 11 is 6.28. The van der Waals surface area contributed by atoms with Gasteiger partial charge in [-0.1, -0.05) is 24.6 Å². The lowest BCUT2D eigenvalue weighted by Gasteiger charge is -2.34. The lowest BCUT2D eigenvalue weighted by molar-refractivity contribution is -0.137. The second kappa shape index (κ2) is 6.69. The second-order valence-electron chi connectivity index (χ2n) is 8.51. The molecule has 1 aromatic carbocycles. The minimum absolute atomic E-state index is 0.0228. The van der Waals surface area contributed by atoms with Crippen LogP contribution in [0.2, 0.25) is 5.02 Å². The quantitative estimate of drug-likeness (QED) is 0.467. The zero-order valence-corrected chi connectivity index (χ0v) is 17.6. The summed E-state index contributed by atoms with van der Waals surface area (Å²) in [6.45, 7) is 2.09. The van der Waals surface area contributed by atoms with Gasteiger partial charge in [0.1, 0.15) is 11.4 Å². The van der Waals surface area contributed by atoms with Gasteiger partial charge in [0.15, 0.2) is 5.65 Å². The first-order valence-corrected chi connectivity index (χ1v) is 10.7. The maximum atomic E-state index is 13.1. The summed E-state index contributed by atoms with van der Waals surface area (Å²) in [5.74, 6) is 1.18. The van der Waals surface area contributed by atoms with Crippen LogP contribution in [-0.4, -0.2) is 33.5 Å². The number of halogens is 4. The highest BCUT2D eigenvalue weighted by Crippen LogP contribution is 2.48. The fourth-order valence-corrected chi connectivity index (χ4v) is 4.97. The van der Waals surface area contributed by atoms with Crippen LogP contribution in [0, 0.1) is 0 Å². The summed E-state index contributed by atoms with van der Waals surface area (Å²) in [6.07, 6.45) is 4.80. The van der Waals surface area contributed by atoms with Gasteiger partial charge in [0, 0.05) is 43.6 Å². The third kappa shape index (κ3) is 3.02. The Balaban J connectivity index is 1.70. The van der Waals surface area contributed by atoms with Crippen LogP contribution in [0.4, 0.5) is 19.0 Å². The molecule has 4 nitrogen and oxygen atoms in total. The van der Waals surface area contributed by atoms with Crippen LogP contribution < -0.4 is 4.48 Å². The van der Waals surface area contributed by atoms with Crippen molar-refractivity contribution in [3.63, 3.8) is 0 Å². The van der Waals surface area contributed by atoms with Crippen LogP contribution in [0.1, 0.15) is 43.9 Å². The van der Waals surface area contributed by atoms with Gasteiger partial charge in [-0.25, -0.2) is 4.98 Å². The van der Waals surface area contributed by atoms with E-state index in [2.05, 4.69) is 23.4 Å². The van der Waals surface area contributed by atoms with Crippen molar-refractivity contribution in [1.82, 2.24) is 18.9 Å². The highest BCUT2D eigenvalue weighted by atomic mass is 35.5. The number of nitrogens with zero attached hydrogens (tertiary/aromatic N) is 4. The number of rotatable bonds is 5. The van der Waals surface area contributed by atoms with Crippen molar-refractivity contribution >= 4 is 23.1 Å². The summed E-state index contributed by atoms with van der Waals surface area (Å²) in [5.41, 5.74) is 1.87. The lowest BCUT2D eigenvalue weighted by atomic mass is 10.1. The summed E-state index contributed by atoms with van der Waals surface area (Å²) in [6, 6.07) is 4.61. The number of alkyl halides is 3. The first-order valence-electron chi connectivity index (χ1n) is 10.3. The van der Waals surface area contributed by atoms with Gasteiger partial charge in [0.2, 0.25) is 5.82 Å². The predicted molar refractivity (Wildman–Crippen MR) is 112 cm³/mol. The van der Waals surface area contributed by atoms with E-state index in [0.29, 0.717) is 29.0 Å². The largest absolute Gasteiger partial charge is 0.416 e. The Morgan fingerprint density at radius 3 is 2.37 bits per heavy atom. The molecule has 0 N–H and O–H groups in total. The molecule has 2 aliphatic carbocycles. The summed E-state index contributed by atoms with van der Waals surface area (Å²) in [7, 11) is 2.31. The van der Waals surface area contributed by atoms with E-state index in [1.54, 1.807) is 6.20 Å². The van der Waals surface area contributed by atoms with E-state index in [4.69, 9.17) is 16.6 Å². The minimum atomic E-state index is -4.44. The molecule has 0 radical (unpaired) electrons. The number of hydrogen-bond donors (Lipinski definition) is 0. The maximum absolute atomic E-state index is 13.1. The predicted octanol–water partition coefficient (Wildman–Crippen LogP) is 5.89. The van der Waals surface area contributed by atoms with Crippen molar-refractivity contribution in [2.24, 2.45) is 0 Å². The molecule has 2 heterocycles. The molecule has 158 valence electrons. The molecule has 0 saturated heterocycles. The minimum Gasteiger partial charge on any atom is -0.272 e. The molecule has 2 fully saturated rings. The number of aromatic nitrogens is 3. The highest BCUT2D eigenvalue weighted by molar-refractivity contribution is 6.33. The van der Waals surface area contributed by atoms with Crippen LogP contribution >= 0.6 is 11.6 Å².